The molecule has 3 aromatic carbocycles. The number of hydrogen-bond acceptors (Lipinski definition) is 6. The number of carbonyl (C=O) groups excluding carboxylic acids is 1. The maximum atomic E-state index is 14.0. The first-order valence-corrected chi connectivity index (χ1v) is 22.1. The maximum absolute atomic E-state index is 14.0. The normalized spacial score (nSPS) is 19.0. The zero-order valence-corrected chi connectivity index (χ0v) is 33.5. The number of pyridine rings is 1. The van der Waals surface area contributed by atoms with Crippen LogP contribution in [0.2, 0.25) is 5.02 Å². The standard InChI is InChI=1S/C47H57ClN2O3S/c1-33(51)29-37-12-8-9-18-43(37)44(38-13-10-11-34(30-38)19-25-40-26-23-36-22-24-39(48)31-46(36)49-40)27-28-54-32-45(35-20-21-35)47(52)53-50(41-14-4-2-5-15-41)42-16-6-3-7-17-42/h8-13,18-19,22-26,30-31,33,35,41-42,44-45,51H,2-7,14-17,20-21,27-29,32H2,1H3/t33?,44-,45?/m1/s1. The van der Waals surface area contributed by atoms with Gasteiger partial charge in [-0.3, -0.25) is 4.79 Å². The van der Waals surface area contributed by atoms with Crippen molar-refractivity contribution in [2.24, 2.45) is 11.8 Å². The number of aliphatic hydroxyl groups is 1. The molecule has 0 bridgehead atoms. The first-order chi connectivity index (χ1) is 26.4. The molecule has 3 atom stereocenters. The third kappa shape index (κ3) is 10.6. The second kappa shape index (κ2) is 19.1. The number of thioether (sulfide) groups is 1. The molecule has 3 saturated carbocycles. The number of aliphatic hydroxyl groups excluding tert-OH is 1. The fourth-order valence-electron chi connectivity index (χ4n) is 8.74. The predicted octanol–water partition coefficient (Wildman–Crippen LogP) is 11.7. The molecule has 2 unspecified atom stereocenters. The molecule has 7 rings (SSSR count). The van der Waals surface area contributed by atoms with E-state index in [1.807, 2.05) is 43.0 Å². The van der Waals surface area contributed by atoms with E-state index in [-0.39, 0.29) is 17.8 Å². The molecule has 1 aromatic heterocycles. The average Bonchev–Trinajstić information content (AvgIpc) is 4.04. The van der Waals surface area contributed by atoms with Crippen molar-refractivity contribution in [2.45, 2.75) is 121 Å². The summed E-state index contributed by atoms with van der Waals surface area (Å²) in [4.78, 5) is 25.3. The van der Waals surface area contributed by atoms with Gasteiger partial charge in [0.25, 0.3) is 0 Å². The highest BCUT2D eigenvalue weighted by atomic mass is 35.5. The lowest BCUT2D eigenvalue weighted by atomic mass is 9.84. The smallest absolute Gasteiger partial charge is 0.329 e. The van der Waals surface area contributed by atoms with Gasteiger partial charge in [-0.15, -0.1) is 5.06 Å². The van der Waals surface area contributed by atoms with E-state index < -0.39 is 6.10 Å². The molecule has 0 aliphatic heterocycles. The average molecular weight is 766 g/mol. The van der Waals surface area contributed by atoms with E-state index in [9.17, 15) is 9.90 Å². The Balaban J connectivity index is 1.05. The van der Waals surface area contributed by atoms with Crippen molar-refractivity contribution < 1.29 is 14.7 Å². The molecule has 7 heteroatoms. The first kappa shape index (κ1) is 39.1. The quantitative estimate of drug-likeness (QED) is 0.0905. The second-order valence-electron chi connectivity index (χ2n) is 16.0. The summed E-state index contributed by atoms with van der Waals surface area (Å²) in [6.07, 6.45) is 19.7. The molecular weight excluding hydrogens is 708 g/mol. The van der Waals surface area contributed by atoms with E-state index in [0.29, 0.717) is 29.4 Å². The van der Waals surface area contributed by atoms with E-state index in [1.165, 1.54) is 55.2 Å². The lowest BCUT2D eigenvalue weighted by Gasteiger charge is -2.40. The molecule has 0 saturated heterocycles. The van der Waals surface area contributed by atoms with Gasteiger partial charge >= 0.3 is 5.97 Å². The topological polar surface area (TPSA) is 62.7 Å². The Morgan fingerprint density at radius 3 is 2.33 bits per heavy atom. The van der Waals surface area contributed by atoms with Crippen LogP contribution in [0.3, 0.4) is 0 Å². The van der Waals surface area contributed by atoms with Gasteiger partial charge < -0.3 is 9.94 Å². The minimum atomic E-state index is -0.424. The molecule has 3 fully saturated rings. The van der Waals surface area contributed by atoms with Crippen molar-refractivity contribution in [3.63, 3.8) is 0 Å². The van der Waals surface area contributed by atoms with Crippen LogP contribution in [0.15, 0.2) is 78.9 Å². The van der Waals surface area contributed by atoms with Gasteiger partial charge in [0.2, 0.25) is 0 Å². The van der Waals surface area contributed by atoms with Crippen molar-refractivity contribution in [3.05, 3.63) is 112 Å². The highest BCUT2D eigenvalue weighted by Crippen LogP contribution is 2.41. The minimum absolute atomic E-state index is 0.0171. The Labute approximate surface area is 331 Å². The Kier molecular flexibility index (Phi) is 13.8. The molecule has 4 aromatic rings. The molecule has 54 heavy (non-hydrogen) atoms. The summed E-state index contributed by atoms with van der Waals surface area (Å²) in [5.41, 5.74) is 6.59. The van der Waals surface area contributed by atoms with Crippen LogP contribution in [-0.4, -0.2) is 50.8 Å². The molecule has 0 spiro atoms. The maximum Gasteiger partial charge on any atom is 0.329 e. The number of nitrogens with zero attached hydrogens (tertiary/aromatic N) is 2. The zero-order chi connectivity index (χ0) is 37.3. The van der Waals surface area contributed by atoms with E-state index in [1.54, 1.807) is 0 Å². The number of halogens is 1. The second-order valence-corrected chi connectivity index (χ2v) is 17.6. The number of fused-ring (bicyclic) bond motifs is 1. The van der Waals surface area contributed by atoms with Crippen molar-refractivity contribution >= 4 is 52.4 Å². The van der Waals surface area contributed by atoms with Gasteiger partial charge in [-0.25, -0.2) is 4.98 Å². The fourth-order valence-corrected chi connectivity index (χ4v) is 10.1. The van der Waals surface area contributed by atoms with Crippen LogP contribution >= 0.6 is 23.4 Å². The van der Waals surface area contributed by atoms with Crippen LogP contribution in [0.4, 0.5) is 0 Å². The summed E-state index contributed by atoms with van der Waals surface area (Å²) in [6.45, 7) is 1.86. The van der Waals surface area contributed by atoms with Crippen LogP contribution in [-0.2, 0) is 16.1 Å². The van der Waals surface area contributed by atoms with E-state index in [0.717, 1.165) is 78.6 Å². The number of carbonyl (C=O) groups is 1. The van der Waals surface area contributed by atoms with Crippen LogP contribution < -0.4 is 0 Å². The summed E-state index contributed by atoms with van der Waals surface area (Å²) in [5, 5.41) is 14.4. The molecule has 1 heterocycles. The lowest BCUT2D eigenvalue weighted by molar-refractivity contribution is -0.227. The Morgan fingerprint density at radius 1 is 0.889 bits per heavy atom. The van der Waals surface area contributed by atoms with Crippen LogP contribution in [0.5, 0.6) is 0 Å². The van der Waals surface area contributed by atoms with Gasteiger partial charge in [0.05, 0.1) is 23.2 Å². The third-order valence-corrected chi connectivity index (χ3v) is 13.1. The van der Waals surface area contributed by atoms with Gasteiger partial charge in [-0.2, -0.15) is 11.8 Å². The van der Waals surface area contributed by atoms with Crippen molar-refractivity contribution in [1.29, 1.82) is 0 Å². The Bertz CT molecular complexity index is 1850. The van der Waals surface area contributed by atoms with E-state index in [2.05, 4.69) is 71.8 Å². The number of benzene rings is 3. The third-order valence-electron chi connectivity index (χ3n) is 11.8. The number of hydrogen-bond donors (Lipinski definition) is 1. The summed E-state index contributed by atoms with van der Waals surface area (Å²) in [6, 6.07) is 28.1. The largest absolute Gasteiger partial charge is 0.393 e. The van der Waals surface area contributed by atoms with Gasteiger partial charge in [0, 0.05) is 34.2 Å². The highest BCUT2D eigenvalue weighted by molar-refractivity contribution is 7.99. The summed E-state index contributed by atoms with van der Waals surface area (Å²) >= 11 is 8.15. The highest BCUT2D eigenvalue weighted by Gasteiger charge is 2.40. The van der Waals surface area contributed by atoms with Crippen molar-refractivity contribution in [3.8, 4) is 0 Å². The van der Waals surface area contributed by atoms with Crippen molar-refractivity contribution in [2.75, 3.05) is 11.5 Å². The summed E-state index contributed by atoms with van der Waals surface area (Å²) < 4.78 is 0. The molecular formula is C47H57ClN2O3S. The first-order valence-electron chi connectivity index (χ1n) is 20.6. The fraction of sp³-hybridized carbons (Fsp3) is 0.489. The predicted molar refractivity (Wildman–Crippen MR) is 226 cm³/mol. The minimum Gasteiger partial charge on any atom is -0.393 e. The molecule has 3 aliphatic rings. The van der Waals surface area contributed by atoms with Crippen LogP contribution in [0.1, 0.15) is 124 Å². The number of rotatable bonds is 16. The van der Waals surface area contributed by atoms with Gasteiger partial charge in [-0.1, -0.05) is 117 Å². The lowest BCUT2D eigenvalue weighted by Crippen LogP contribution is -2.47. The molecule has 3 aliphatic carbocycles. The van der Waals surface area contributed by atoms with Crippen molar-refractivity contribution in [1.82, 2.24) is 10.0 Å². The molecule has 0 amide bonds. The van der Waals surface area contributed by atoms with E-state index >= 15 is 0 Å². The SMILES string of the molecule is CC(O)Cc1ccccc1[C@H](CCSCC(C(=O)ON(C1CCCCC1)C1CCCCC1)C1CC1)c1cccc(C=Cc2ccc3ccc(Cl)cc3n2)c1. The molecule has 1 N–H and O–H groups in total. The summed E-state index contributed by atoms with van der Waals surface area (Å²) in [5.74, 6) is 2.32. The zero-order valence-electron chi connectivity index (χ0n) is 31.9. The molecule has 0 radical (unpaired) electrons. The van der Waals surface area contributed by atoms with Gasteiger partial charge in [0.15, 0.2) is 0 Å². The van der Waals surface area contributed by atoms with Crippen LogP contribution in [0, 0.1) is 11.8 Å². The van der Waals surface area contributed by atoms with Gasteiger partial charge in [-0.05, 0) is 116 Å². The Hall–Kier alpha value is -3.16. The summed E-state index contributed by atoms with van der Waals surface area (Å²) in [7, 11) is 0. The molecule has 5 nitrogen and oxygen atoms in total. The molecule has 286 valence electrons. The van der Waals surface area contributed by atoms with Crippen LogP contribution in [0.25, 0.3) is 23.1 Å². The monoisotopic (exact) mass is 764 g/mol. The Morgan fingerprint density at radius 2 is 1.61 bits per heavy atom. The van der Waals surface area contributed by atoms with Gasteiger partial charge in [0.1, 0.15) is 0 Å². The number of hydroxylamine groups is 2. The van der Waals surface area contributed by atoms with E-state index in [4.69, 9.17) is 21.4 Å². The number of aromatic nitrogens is 1.